The van der Waals surface area contributed by atoms with Gasteiger partial charge in [0.2, 0.25) is 5.91 Å². The van der Waals surface area contributed by atoms with Crippen molar-refractivity contribution in [3.8, 4) is 11.5 Å². The van der Waals surface area contributed by atoms with Gasteiger partial charge in [-0.1, -0.05) is 25.1 Å². The number of para-hydroxylation sites is 2. The largest absolute Gasteiger partial charge is 0.455 e. The Morgan fingerprint density at radius 1 is 1.07 bits per heavy atom. The maximum absolute atomic E-state index is 13.4. The minimum Gasteiger partial charge on any atom is -0.455 e. The Hall–Kier alpha value is -3.67. The number of carbonyl (C=O) groups is 2. The van der Waals surface area contributed by atoms with Crippen molar-refractivity contribution in [2.24, 2.45) is 0 Å². The van der Waals surface area contributed by atoms with Gasteiger partial charge in [-0.3, -0.25) is 9.59 Å². The molecule has 0 saturated carbocycles. The summed E-state index contributed by atoms with van der Waals surface area (Å²) in [7, 11) is 0. The summed E-state index contributed by atoms with van der Waals surface area (Å²) in [6.07, 6.45) is 1.17. The smallest absolute Gasteiger partial charge is 0.255 e. The van der Waals surface area contributed by atoms with E-state index < -0.39 is 5.82 Å². The number of halogens is 1. The zero-order chi connectivity index (χ0) is 21.1. The molecule has 4 rings (SSSR count). The van der Waals surface area contributed by atoms with Crippen molar-refractivity contribution in [2.45, 2.75) is 19.8 Å². The summed E-state index contributed by atoms with van der Waals surface area (Å²) < 4.78 is 19.2. The van der Waals surface area contributed by atoms with E-state index in [1.807, 2.05) is 19.1 Å². The van der Waals surface area contributed by atoms with Crippen LogP contribution >= 0.6 is 0 Å². The van der Waals surface area contributed by atoms with Crippen molar-refractivity contribution in [3.05, 3.63) is 83.7 Å². The Labute approximate surface area is 174 Å². The molecule has 3 aromatic rings. The number of hydrogen-bond donors (Lipinski definition) is 1. The molecule has 3 aromatic carbocycles. The molecule has 1 aliphatic rings. The number of fused-ring (bicyclic) bond motifs is 1. The molecule has 0 unspecified atom stereocenters. The first-order chi connectivity index (χ1) is 14.5. The molecular formula is C24H21FN2O3. The summed E-state index contributed by atoms with van der Waals surface area (Å²) in [4.78, 5) is 26.7. The molecule has 0 spiro atoms. The van der Waals surface area contributed by atoms with Crippen molar-refractivity contribution in [3.63, 3.8) is 0 Å². The molecule has 0 aromatic heterocycles. The molecule has 0 aliphatic carbocycles. The number of anilines is 2. The second kappa shape index (κ2) is 8.37. The van der Waals surface area contributed by atoms with Gasteiger partial charge in [-0.2, -0.15) is 0 Å². The first-order valence-corrected chi connectivity index (χ1v) is 9.82. The molecular weight excluding hydrogens is 383 g/mol. The molecule has 1 heterocycles. The van der Waals surface area contributed by atoms with Gasteiger partial charge in [-0.05, 0) is 54.4 Å². The number of rotatable bonds is 5. The van der Waals surface area contributed by atoms with E-state index >= 15 is 0 Å². The van der Waals surface area contributed by atoms with E-state index in [1.54, 1.807) is 47.4 Å². The van der Waals surface area contributed by atoms with Gasteiger partial charge in [-0.25, -0.2) is 4.39 Å². The summed E-state index contributed by atoms with van der Waals surface area (Å²) in [5.74, 6) is 0.151. The Morgan fingerprint density at radius 3 is 2.70 bits per heavy atom. The van der Waals surface area contributed by atoms with Crippen molar-refractivity contribution >= 4 is 23.2 Å². The SMILES string of the molecule is CCC(=O)N1CCc2cc(C(=O)Nc3ccccc3Oc3cccc(F)c3)ccc21. The molecule has 0 saturated heterocycles. The van der Waals surface area contributed by atoms with E-state index in [0.29, 0.717) is 35.7 Å². The summed E-state index contributed by atoms with van der Waals surface area (Å²) in [6, 6.07) is 18.2. The number of carbonyl (C=O) groups excluding carboxylic acids is 2. The number of nitrogens with one attached hydrogen (secondary N) is 1. The lowest BCUT2D eigenvalue weighted by atomic mass is 10.1. The summed E-state index contributed by atoms with van der Waals surface area (Å²) in [6.45, 7) is 2.48. The van der Waals surface area contributed by atoms with Gasteiger partial charge in [-0.15, -0.1) is 0 Å². The molecule has 0 atom stereocenters. The Kier molecular flexibility index (Phi) is 5.48. The van der Waals surface area contributed by atoms with E-state index in [2.05, 4.69) is 5.32 Å². The van der Waals surface area contributed by atoms with Gasteiger partial charge >= 0.3 is 0 Å². The van der Waals surface area contributed by atoms with Crippen LogP contribution < -0.4 is 15.0 Å². The van der Waals surface area contributed by atoms with Crippen LogP contribution in [0.2, 0.25) is 0 Å². The third-order valence-corrected chi connectivity index (χ3v) is 5.00. The van der Waals surface area contributed by atoms with E-state index in [9.17, 15) is 14.0 Å². The number of hydrogen-bond acceptors (Lipinski definition) is 3. The highest BCUT2D eigenvalue weighted by atomic mass is 19.1. The standard InChI is InChI=1S/C24H21FN2O3/c1-2-23(28)27-13-12-16-14-17(10-11-21(16)27)24(29)26-20-8-3-4-9-22(20)30-19-7-5-6-18(25)15-19/h3-11,14-15H,2,12-13H2,1H3,(H,26,29). The van der Waals surface area contributed by atoms with E-state index in [-0.39, 0.29) is 11.8 Å². The Bertz CT molecular complexity index is 1110. The first-order valence-electron chi connectivity index (χ1n) is 9.82. The van der Waals surface area contributed by atoms with Crippen LogP contribution in [0.15, 0.2) is 66.7 Å². The predicted octanol–water partition coefficient (Wildman–Crippen LogP) is 5.17. The van der Waals surface area contributed by atoms with Crippen LogP contribution in [0, 0.1) is 5.82 Å². The van der Waals surface area contributed by atoms with Crippen LogP contribution in [-0.4, -0.2) is 18.4 Å². The fourth-order valence-corrected chi connectivity index (χ4v) is 3.50. The predicted molar refractivity (Wildman–Crippen MR) is 114 cm³/mol. The van der Waals surface area contributed by atoms with Gasteiger partial charge in [0.25, 0.3) is 5.91 Å². The van der Waals surface area contributed by atoms with E-state index in [1.165, 1.54) is 12.1 Å². The van der Waals surface area contributed by atoms with Crippen LogP contribution in [0.5, 0.6) is 11.5 Å². The number of nitrogens with zero attached hydrogens (tertiary/aromatic N) is 1. The third-order valence-electron chi connectivity index (χ3n) is 5.00. The Morgan fingerprint density at radius 2 is 1.90 bits per heavy atom. The number of benzene rings is 3. The number of ether oxygens (including phenoxy) is 1. The zero-order valence-corrected chi connectivity index (χ0v) is 16.5. The average molecular weight is 404 g/mol. The highest BCUT2D eigenvalue weighted by molar-refractivity contribution is 6.06. The van der Waals surface area contributed by atoms with Crippen LogP contribution in [0.4, 0.5) is 15.8 Å². The van der Waals surface area contributed by atoms with Gasteiger partial charge < -0.3 is 15.0 Å². The van der Waals surface area contributed by atoms with Crippen molar-refractivity contribution < 1.29 is 18.7 Å². The van der Waals surface area contributed by atoms with Crippen LogP contribution in [0.25, 0.3) is 0 Å². The lowest BCUT2D eigenvalue weighted by Crippen LogP contribution is -2.27. The van der Waals surface area contributed by atoms with Crippen molar-refractivity contribution in [1.29, 1.82) is 0 Å². The fraction of sp³-hybridized carbons (Fsp3) is 0.167. The Balaban J connectivity index is 1.53. The van der Waals surface area contributed by atoms with Gasteiger partial charge in [0.05, 0.1) is 5.69 Å². The lowest BCUT2D eigenvalue weighted by molar-refractivity contribution is -0.118. The van der Waals surface area contributed by atoms with Crippen molar-refractivity contribution in [1.82, 2.24) is 0 Å². The lowest BCUT2D eigenvalue weighted by Gasteiger charge is -2.16. The first kappa shape index (κ1) is 19.6. The molecule has 1 aliphatic heterocycles. The fourth-order valence-electron chi connectivity index (χ4n) is 3.50. The second-order valence-corrected chi connectivity index (χ2v) is 7.00. The molecule has 0 fully saturated rings. The summed E-state index contributed by atoms with van der Waals surface area (Å²) in [5.41, 5.74) is 2.83. The highest BCUT2D eigenvalue weighted by Crippen LogP contribution is 2.32. The third kappa shape index (κ3) is 4.03. The summed E-state index contributed by atoms with van der Waals surface area (Å²) >= 11 is 0. The zero-order valence-electron chi connectivity index (χ0n) is 16.5. The molecule has 2 amide bonds. The quantitative estimate of drug-likeness (QED) is 0.638. The summed E-state index contributed by atoms with van der Waals surface area (Å²) in [5, 5.41) is 2.86. The maximum Gasteiger partial charge on any atom is 0.255 e. The van der Waals surface area contributed by atoms with Gasteiger partial charge in [0.15, 0.2) is 5.75 Å². The van der Waals surface area contributed by atoms with Gasteiger partial charge in [0, 0.05) is 30.3 Å². The van der Waals surface area contributed by atoms with Crippen LogP contribution in [0.1, 0.15) is 29.3 Å². The maximum atomic E-state index is 13.4. The topological polar surface area (TPSA) is 58.6 Å². The molecule has 0 radical (unpaired) electrons. The average Bonchev–Trinajstić information content (AvgIpc) is 3.18. The van der Waals surface area contributed by atoms with Gasteiger partial charge in [0.1, 0.15) is 11.6 Å². The van der Waals surface area contributed by atoms with Crippen LogP contribution in [-0.2, 0) is 11.2 Å². The molecule has 6 heteroatoms. The van der Waals surface area contributed by atoms with E-state index in [0.717, 1.165) is 17.7 Å². The highest BCUT2D eigenvalue weighted by Gasteiger charge is 2.24. The molecule has 5 nitrogen and oxygen atoms in total. The van der Waals surface area contributed by atoms with Crippen LogP contribution in [0.3, 0.4) is 0 Å². The monoisotopic (exact) mass is 404 g/mol. The molecule has 30 heavy (non-hydrogen) atoms. The molecule has 0 bridgehead atoms. The second-order valence-electron chi connectivity index (χ2n) is 7.00. The minimum absolute atomic E-state index is 0.0781. The van der Waals surface area contributed by atoms with Crippen molar-refractivity contribution in [2.75, 3.05) is 16.8 Å². The minimum atomic E-state index is -0.400. The number of amides is 2. The molecule has 1 N–H and O–H groups in total. The van der Waals surface area contributed by atoms with E-state index in [4.69, 9.17) is 4.74 Å². The molecule has 152 valence electrons. The normalized spacial score (nSPS) is 12.4.